The number of hydrogen-bond acceptors (Lipinski definition) is 6. The fourth-order valence-corrected chi connectivity index (χ4v) is 2.44. The van der Waals surface area contributed by atoms with Crippen LogP contribution >= 0.6 is 0 Å². The third-order valence-corrected chi connectivity index (χ3v) is 3.56. The van der Waals surface area contributed by atoms with Crippen LogP contribution in [0.2, 0.25) is 0 Å². The fraction of sp³-hybridized carbons (Fsp3) is 0.818. The van der Waals surface area contributed by atoms with Crippen molar-refractivity contribution in [2.45, 2.75) is 44.9 Å². The standard InChI is InChI=1S/C11H21N3O3S/c1-5-9(12-6-2)8(3)11-13-10(14-17-11)7-18(4,15)16/h8-9,12H,5-7H2,1-4H3. The lowest BCUT2D eigenvalue weighted by molar-refractivity contribution is 0.319. The summed E-state index contributed by atoms with van der Waals surface area (Å²) in [5.74, 6) is 0.601. The summed E-state index contributed by atoms with van der Waals surface area (Å²) >= 11 is 0. The smallest absolute Gasteiger partial charge is 0.231 e. The van der Waals surface area contributed by atoms with Gasteiger partial charge in [-0.3, -0.25) is 0 Å². The molecule has 7 heteroatoms. The second kappa shape index (κ2) is 6.29. The Kier molecular flexibility index (Phi) is 5.28. The summed E-state index contributed by atoms with van der Waals surface area (Å²) in [6.45, 7) is 6.98. The number of likely N-dealkylation sites (N-methyl/N-ethyl adjacent to an activating group) is 1. The van der Waals surface area contributed by atoms with E-state index in [1.807, 2.05) is 13.8 Å². The number of nitrogens with zero attached hydrogens (tertiary/aromatic N) is 2. The van der Waals surface area contributed by atoms with E-state index in [2.05, 4.69) is 22.4 Å². The molecule has 0 bridgehead atoms. The maximum absolute atomic E-state index is 11.1. The van der Waals surface area contributed by atoms with Gasteiger partial charge >= 0.3 is 0 Å². The van der Waals surface area contributed by atoms with E-state index in [1.54, 1.807) is 0 Å². The number of nitrogens with one attached hydrogen (secondary N) is 1. The first-order chi connectivity index (χ1) is 8.37. The molecule has 0 spiro atoms. The van der Waals surface area contributed by atoms with Crippen molar-refractivity contribution in [2.75, 3.05) is 12.8 Å². The van der Waals surface area contributed by atoms with Crippen LogP contribution in [0.25, 0.3) is 0 Å². The molecule has 0 saturated carbocycles. The summed E-state index contributed by atoms with van der Waals surface area (Å²) in [6, 6.07) is 0.251. The van der Waals surface area contributed by atoms with Gasteiger partial charge in [-0.1, -0.05) is 25.9 Å². The zero-order valence-corrected chi connectivity index (χ0v) is 12.1. The molecule has 0 aliphatic carbocycles. The van der Waals surface area contributed by atoms with Crippen molar-refractivity contribution in [1.29, 1.82) is 0 Å². The third-order valence-electron chi connectivity index (χ3n) is 2.77. The molecule has 1 aromatic rings. The molecule has 1 heterocycles. The largest absolute Gasteiger partial charge is 0.339 e. The second-order valence-corrected chi connectivity index (χ2v) is 6.62. The van der Waals surface area contributed by atoms with E-state index in [0.29, 0.717) is 5.89 Å². The zero-order chi connectivity index (χ0) is 13.8. The van der Waals surface area contributed by atoms with E-state index in [0.717, 1.165) is 19.2 Å². The molecule has 1 aromatic heterocycles. The van der Waals surface area contributed by atoms with Crippen molar-refractivity contribution in [3.05, 3.63) is 11.7 Å². The van der Waals surface area contributed by atoms with Gasteiger partial charge in [-0.15, -0.1) is 0 Å². The van der Waals surface area contributed by atoms with Gasteiger partial charge in [0.15, 0.2) is 15.7 Å². The van der Waals surface area contributed by atoms with Crippen molar-refractivity contribution in [3.8, 4) is 0 Å². The fourth-order valence-electron chi connectivity index (χ4n) is 1.85. The third kappa shape index (κ3) is 4.38. The molecule has 0 amide bonds. The molecule has 0 aromatic carbocycles. The normalized spacial score (nSPS) is 15.6. The van der Waals surface area contributed by atoms with Gasteiger partial charge in [0, 0.05) is 12.3 Å². The van der Waals surface area contributed by atoms with Crippen LogP contribution in [0.1, 0.15) is 44.8 Å². The Morgan fingerprint density at radius 1 is 1.39 bits per heavy atom. The maximum Gasteiger partial charge on any atom is 0.231 e. The molecule has 0 saturated heterocycles. The molecule has 0 aliphatic heterocycles. The summed E-state index contributed by atoms with van der Waals surface area (Å²) in [5.41, 5.74) is 0. The summed E-state index contributed by atoms with van der Waals surface area (Å²) in [6.07, 6.45) is 2.10. The Labute approximate surface area is 108 Å². The molecule has 0 aliphatic rings. The first-order valence-electron chi connectivity index (χ1n) is 6.11. The average molecular weight is 275 g/mol. The van der Waals surface area contributed by atoms with Crippen molar-refractivity contribution < 1.29 is 12.9 Å². The van der Waals surface area contributed by atoms with Gasteiger partial charge in [0.1, 0.15) is 5.75 Å². The monoisotopic (exact) mass is 275 g/mol. The SMILES string of the molecule is CCNC(CC)C(C)c1nc(CS(C)(=O)=O)no1. The van der Waals surface area contributed by atoms with E-state index in [9.17, 15) is 8.42 Å². The van der Waals surface area contributed by atoms with Crippen LogP contribution in [0.15, 0.2) is 4.52 Å². The lowest BCUT2D eigenvalue weighted by atomic mass is 9.99. The number of sulfone groups is 1. The minimum Gasteiger partial charge on any atom is -0.339 e. The average Bonchev–Trinajstić information content (AvgIpc) is 2.70. The van der Waals surface area contributed by atoms with Crippen molar-refractivity contribution in [1.82, 2.24) is 15.5 Å². The molecule has 2 atom stereocenters. The number of rotatable bonds is 7. The van der Waals surface area contributed by atoms with E-state index in [4.69, 9.17) is 4.52 Å². The molecule has 0 fully saturated rings. The lowest BCUT2D eigenvalue weighted by Gasteiger charge is -2.20. The van der Waals surface area contributed by atoms with Crippen molar-refractivity contribution in [3.63, 3.8) is 0 Å². The summed E-state index contributed by atoms with van der Waals surface area (Å²) in [7, 11) is -3.13. The minimum atomic E-state index is -3.13. The van der Waals surface area contributed by atoms with E-state index in [-0.39, 0.29) is 23.5 Å². The molecule has 104 valence electrons. The Balaban J connectivity index is 2.78. The van der Waals surface area contributed by atoms with Crippen LogP contribution in [0, 0.1) is 0 Å². The number of hydrogen-bond donors (Lipinski definition) is 1. The Hall–Kier alpha value is -0.950. The van der Waals surface area contributed by atoms with Gasteiger partial charge in [-0.2, -0.15) is 4.98 Å². The highest BCUT2D eigenvalue weighted by Gasteiger charge is 2.23. The predicted octanol–water partition coefficient (Wildman–Crippen LogP) is 1.11. The minimum absolute atomic E-state index is 0.0655. The molecular formula is C11H21N3O3S. The summed E-state index contributed by atoms with van der Waals surface area (Å²) < 4.78 is 27.4. The van der Waals surface area contributed by atoms with E-state index in [1.165, 1.54) is 0 Å². The quantitative estimate of drug-likeness (QED) is 0.802. The molecule has 2 unspecified atom stereocenters. The van der Waals surface area contributed by atoms with Gasteiger partial charge in [0.2, 0.25) is 5.89 Å². The Bertz CT molecular complexity index is 470. The first kappa shape index (κ1) is 15.1. The van der Waals surface area contributed by atoms with Crippen LogP contribution in [0.5, 0.6) is 0 Å². The second-order valence-electron chi connectivity index (χ2n) is 4.48. The predicted molar refractivity (Wildman–Crippen MR) is 69.0 cm³/mol. The van der Waals surface area contributed by atoms with Crippen LogP contribution in [-0.4, -0.2) is 37.4 Å². The van der Waals surface area contributed by atoms with Crippen LogP contribution in [-0.2, 0) is 15.6 Å². The molecule has 1 N–H and O–H groups in total. The molecular weight excluding hydrogens is 254 g/mol. The molecule has 1 rings (SSSR count). The van der Waals surface area contributed by atoms with Crippen molar-refractivity contribution >= 4 is 9.84 Å². The Morgan fingerprint density at radius 3 is 2.56 bits per heavy atom. The highest BCUT2D eigenvalue weighted by Crippen LogP contribution is 2.19. The highest BCUT2D eigenvalue weighted by molar-refractivity contribution is 7.89. The highest BCUT2D eigenvalue weighted by atomic mass is 32.2. The van der Waals surface area contributed by atoms with Gasteiger partial charge in [-0.25, -0.2) is 8.42 Å². The van der Waals surface area contributed by atoms with E-state index >= 15 is 0 Å². The maximum atomic E-state index is 11.1. The molecule has 0 radical (unpaired) electrons. The molecule has 6 nitrogen and oxygen atoms in total. The first-order valence-corrected chi connectivity index (χ1v) is 8.17. The summed E-state index contributed by atoms with van der Waals surface area (Å²) in [5, 5.41) is 7.05. The van der Waals surface area contributed by atoms with E-state index < -0.39 is 9.84 Å². The van der Waals surface area contributed by atoms with Crippen molar-refractivity contribution in [2.24, 2.45) is 0 Å². The van der Waals surface area contributed by atoms with Crippen LogP contribution in [0.4, 0.5) is 0 Å². The van der Waals surface area contributed by atoms with Gasteiger partial charge in [0.25, 0.3) is 0 Å². The topological polar surface area (TPSA) is 85.1 Å². The van der Waals surface area contributed by atoms with Crippen LogP contribution in [0.3, 0.4) is 0 Å². The van der Waals surface area contributed by atoms with Gasteiger partial charge in [0.05, 0.1) is 5.92 Å². The van der Waals surface area contributed by atoms with Gasteiger partial charge < -0.3 is 9.84 Å². The van der Waals surface area contributed by atoms with Gasteiger partial charge in [-0.05, 0) is 13.0 Å². The lowest BCUT2D eigenvalue weighted by Crippen LogP contribution is -2.33. The molecule has 18 heavy (non-hydrogen) atoms. The van der Waals surface area contributed by atoms with Crippen LogP contribution < -0.4 is 5.32 Å². The Morgan fingerprint density at radius 2 is 2.06 bits per heavy atom. The number of aromatic nitrogens is 2. The summed E-state index contributed by atoms with van der Waals surface area (Å²) in [4.78, 5) is 4.15. The zero-order valence-electron chi connectivity index (χ0n) is 11.3.